The van der Waals surface area contributed by atoms with E-state index in [1.54, 1.807) is 11.3 Å². The smallest absolute Gasteiger partial charge is 0.251 e. The van der Waals surface area contributed by atoms with Gasteiger partial charge >= 0.3 is 0 Å². The Balaban J connectivity index is 1.55. The van der Waals surface area contributed by atoms with Crippen LogP contribution in [-0.2, 0) is 19.3 Å². The van der Waals surface area contributed by atoms with Crippen molar-refractivity contribution in [3.05, 3.63) is 62.4 Å². The van der Waals surface area contributed by atoms with Gasteiger partial charge in [-0.25, -0.2) is 0 Å². The number of amides is 1. The van der Waals surface area contributed by atoms with Gasteiger partial charge in [-0.3, -0.25) is 9.78 Å². The molecule has 0 saturated carbocycles. The van der Waals surface area contributed by atoms with Gasteiger partial charge in [-0.05, 0) is 72.2 Å². The van der Waals surface area contributed by atoms with Crippen LogP contribution in [0, 0.1) is 0 Å². The average Bonchev–Trinajstić information content (AvgIpc) is 3.15. The molecular weight excluding hydrogens is 352 g/mol. The Labute approximate surface area is 156 Å². The van der Waals surface area contributed by atoms with E-state index >= 15 is 0 Å². The molecule has 3 nitrogen and oxygen atoms in total. The van der Waals surface area contributed by atoms with Gasteiger partial charge in [-0.1, -0.05) is 17.7 Å². The Morgan fingerprint density at radius 3 is 2.96 bits per heavy atom. The van der Waals surface area contributed by atoms with Crippen molar-refractivity contribution in [3.63, 3.8) is 0 Å². The van der Waals surface area contributed by atoms with Crippen LogP contribution in [0.1, 0.15) is 40.0 Å². The summed E-state index contributed by atoms with van der Waals surface area (Å²) >= 11 is 8.27. The third kappa shape index (κ3) is 3.42. The van der Waals surface area contributed by atoms with Gasteiger partial charge in [0.15, 0.2) is 0 Å². The van der Waals surface area contributed by atoms with E-state index in [0.717, 1.165) is 47.3 Å². The minimum atomic E-state index is -0.0622. The van der Waals surface area contributed by atoms with Crippen LogP contribution < -0.4 is 5.32 Å². The third-order valence-electron chi connectivity index (χ3n) is 4.73. The second-order valence-electron chi connectivity index (χ2n) is 6.43. The lowest BCUT2D eigenvalue weighted by atomic mass is 9.94. The van der Waals surface area contributed by atoms with Crippen LogP contribution >= 0.6 is 22.9 Å². The van der Waals surface area contributed by atoms with Gasteiger partial charge < -0.3 is 5.32 Å². The Morgan fingerprint density at radius 1 is 1.24 bits per heavy atom. The predicted octanol–water partition coefficient (Wildman–Crippen LogP) is 4.80. The van der Waals surface area contributed by atoms with Crippen molar-refractivity contribution in [3.8, 4) is 0 Å². The van der Waals surface area contributed by atoms with E-state index in [2.05, 4.69) is 22.1 Å². The van der Waals surface area contributed by atoms with Crippen LogP contribution in [0.4, 0.5) is 0 Å². The molecule has 0 spiro atoms. The summed E-state index contributed by atoms with van der Waals surface area (Å²) in [5.74, 6) is -0.0622. The first-order chi connectivity index (χ1) is 12.2. The van der Waals surface area contributed by atoms with Crippen molar-refractivity contribution in [1.29, 1.82) is 0 Å². The zero-order valence-electron chi connectivity index (χ0n) is 13.8. The highest BCUT2D eigenvalue weighted by Crippen LogP contribution is 2.33. The Morgan fingerprint density at radius 2 is 2.12 bits per heavy atom. The zero-order valence-corrected chi connectivity index (χ0v) is 15.4. The molecule has 1 aromatic carbocycles. The summed E-state index contributed by atoms with van der Waals surface area (Å²) in [6.45, 7) is 0.631. The molecule has 1 aliphatic rings. The Kier molecular flexibility index (Phi) is 4.73. The monoisotopic (exact) mass is 370 g/mol. The number of benzene rings is 1. The fourth-order valence-corrected chi connectivity index (χ4v) is 4.43. The standard InChI is InChI=1S/C20H19ClN2OS/c21-19-15-3-1-2-4-17(15)23-18-11-14(5-6-16(18)19)20(24)22-9-7-13-8-10-25-12-13/h5-6,8,10-12H,1-4,7,9H2,(H,22,24). The Hall–Kier alpha value is -1.91. The zero-order chi connectivity index (χ0) is 17.2. The lowest BCUT2D eigenvalue weighted by molar-refractivity contribution is 0.0954. The first-order valence-corrected chi connectivity index (χ1v) is 9.95. The van der Waals surface area contributed by atoms with E-state index in [4.69, 9.17) is 16.6 Å². The summed E-state index contributed by atoms with van der Waals surface area (Å²) in [5.41, 5.74) is 4.99. The number of hydrogen-bond acceptors (Lipinski definition) is 3. The van der Waals surface area contributed by atoms with E-state index in [-0.39, 0.29) is 5.91 Å². The molecule has 0 unspecified atom stereocenters. The van der Waals surface area contributed by atoms with Gasteiger partial charge in [0.05, 0.1) is 10.5 Å². The van der Waals surface area contributed by atoms with E-state index in [0.29, 0.717) is 12.1 Å². The average molecular weight is 371 g/mol. The number of hydrogen-bond donors (Lipinski definition) is 1. The fraction of sp³-hybridized carbons (Fsp3) is 0.300. The molecular formula is C20H19ClN2OS. The molecule has 2 aromatic heterocycles. The van der Waals surface area contributed by atoms with Gasteiger partial charge in [-0.15, -0.1) is 0 Å². The largest absolute Gasteiger partial charge is 0.352 e. The number of aromatic nitrogens is 1. The summed E-state index contributed by atoms with van der Waals surface area (Å²) in [6, 6.07) is 7.70. The second-order valence-corrected chi connectivity index (χ2v) is 7.59. The minimum absolute atomic E-state index is 0.0622. The number of halogens is 1. The number of aryl methyl sites for hydroxylation is 1. The van der Waals surface area contributed by atoms with Crippen molar-refractivity contribution in [1.82, 2.24) is 10.3 Å². The maximum Gasteiger partial charge on any atom is 0.251 e. The van der Waals surface area contributed by atoms with Crippen molar-refractivity contribution < 1.29 is 4.79 Å². The van der Waals surface area contributed by atoms with Crippen LogP contribution in [0.25, 0.3) is 10.9 Å². The first-order valence-electron chi connectivity index (χ1n) is 8.62. The van der Waals surface area contributed by atoms with Crippen molar-refractivity contribution in [2.75, 3.05) is 6.54 Å². The van der Waals surface area contributed by atoms with Crippen LogP contribution in [0.15, 0.2) is 35.0 Å². The van der Waals surface area contributed by atoms with Gasteiger partial charge in [0, 0.05) is 23.2 Å². The molecule has 3 aromatic rings. The van der Waals surface area contributed by atoms with E-state index < -0.39 is 0 Å². The van der Waals surface area contributed by atoms with Crippen LogP contribution in [0.3, 0.4) is 0 Å². The van der Waals surface area contributed by atoms with Gasteiger partial charge in [0.1, 0.15) is 0 Å². The lowest BCUT2D eigenvalue weighted by Gasteiger charge is -2.18. The summed E-state index contributed by atoms with van der Waals surface area (Å²) in [4.78, 5) is 17.2. The molecule has 0 saturated heterocycles. The molecule has 2 heterocycles. The van der Waals surface area contributed by atoms with Crippen molar-refractivity contribution >= 4 is 39.7 Å². The number of nitrogens with zero attached hydrogens (tertiary/aromatic N) is 1. The van der Waals surface area contributed by atoms with Crippen LogP contribution in [-0.4, -0.2) is 17.4 Å². The normalized spacial score (nSPS) is 13.6. The topological polar surface area (TPSA) is 42.0 Å². The molecule has 0 atom stereocenters. The van der Waals surface area contributed by atoms with E-state index in [1.807, 2.05) is 18.2 Å². The van der Waals surface area contributed by atoms with E-state index in [1.165, 1.54) is 17.5 Å². The van der Waals surface area contributed by atoms with Crippen LogP contribution in [0.5, 0.6) is 0 Å². The molecule has 0 aliphatic heterocycles. The molecule has 0 radical (unpaired) electrons. The third-order valence-corrected chi connectivity index (χ3v) is 5.90. The number of carbonyl (C=O) groups is 1. The highest BCUT2D eigenvalue weighted by molar-refractivity contribution is 7.07. The van der Waals surface area contributed by atoms with E-state index in [9.17, 15) is 4.79 Å². The summed E-state index contributed by atoms with van der Waals surface area (Å²) in [6.07, 6.45) is 5.15. The van der Waals surface area contributed by atoms with Gasteiger partial charge in [0.25, 0.3) is 5.91 Å². The molecule has 1 N–H and O–H groups in total. The molecule has 128 valence electrons. The number of fused-ring (bicyclic) bond motifs is 2. The SMILES string of the molecule is O=C(NCCc1ccsc1)c1ccc2c(Cl)c3c(nc2c1)CCCC3. The maximum absolute atomic E-state index is 12.4. The Bertz CT molecular complexity index is 921. The van der Waals surface area contributed by atoms with Gasteiger partial charge in [0.2, 0.25) is 0 Å². The highest BCUT2D eigenvalue weighted by atomic mass is 35.5. The maximum atomic E-state index is 12.4. The lowest BCUT2D eigenvalue weighted by Crippen LogP contribution is -2.25. The van der Waals surface area contributed by atoms with Crippen molar-refractivity contribution in [2.45, 2.75) is 32.1 Å². The summed E-state index contributed by atoms with van der Waals surface area (Å²) in [5, 5.41) is 8.90. The summed E-state index contributed by atoms with van der Waals surface area (Å²) < 4.78 is 0. The number of carbonyl (C=O) groups excluding carboxylic acids is 1. The molecule has 1 aliphatic carbocycles. The predicted molar refractivity (Wildman–Crippen MR) is 104 cm³/mol. The molecule has 4 rings (SSSR count). The number of thiophene rings is 1. The summed E-state index contributed by atoms with van der Waals surface area (Å²) in [7, 11) is 0. The number of nitrogens with one attached hydrogen (secondary N) is 1. The molecule has 25 heavy (non-hydrogen) atoms. The van der Waals surface area contributed by atoms with Gasteiger partial charge in [-0.2, -0.15) is 11.3 Å². The fourth-order valence-electron chi connectivity index (χ4n) is 3.37. The molecule has 0 fully saturated rings. The number of rotatable bonds is 4. The number of pyridine rings is 1. The quantitative estimate of drug-likeness (QED) is 0.716. The molecule has 0 bridgehead atoms. The second kappa shape index (κ2) is 7.14. The minimum Gasteiger partial charge on any atom is -0.352 e. The van der Waals surface area contributed by atoms with Crippen LogP contribution in [0.2, 0.25) is 5.02 Å². The molecule has 5 heteroatoms. The first kappa shape index (κ1) is 16.6. The molecule has 1 amide bonds. The van der Waals surface area contributed by atoms with Crippen molar-refractivity contribution in [2.24, 2.45) is 0 Å². The highest BCUT2D eigenvalue weighted by Gasteiger charge is 2.17.